The number of nitrogens with zero attached hydrogens (tertiary/aromatic N) is 2. The third kappa shape index (κ3) is 4.32. The third-order valence-corrected chi connectivity index (χ3v) is 6.16. The molecule has 6 nitrogen and oxygen atoms in total. The van der Waals surface area contributed by atoms with E-state index in [9.17, 15) is 13.2 Å². The molecule has 1 heterocycles. The number of carbonyl (C=O) groups excluding carboxylic acids is 1. The van der Waals surface area contributed by atoms with Gasteiger partial charge in [-0.05, 0) is 49.2 Å². The molecule has 9 heteroatoms. The Morgan fingerprint density at radius 2 is 1.79 bits per heavy atom. The van der Waals surface area contributed by atoms with Crippen LogP contribution in [0.4, 0.5) is 0 Å². The number of ketones is 1. The second kappa shape index (κ2) is 8.18. The first-order valence-corrected chi connectivity index (χ1v) is 10.9. The van der Waals surface area contributed by atoms with Crippen LogP contribution in [0, 0.1) is 6.92 Å². The van der Waals surface area contributed by atoms with E-state index in [1.807, 2.05) is 6.92 Å². The highest BCUT2D eigenvalue weighted by atomic mass is 35.5. The van der Waals surface area contributed by atoms with Crippen LogP contribution in [0.25, 0.3) is 0 Å². The molecule has 0 aliphatic carbocycles. The predicted octanol–water partition coefficient (Wildman–Crippen LogP) is 4.60. The first-order chi connectivity index (χ1) is 13.6. The zero-order valence-corrected chi connectivity index (χ0v) is 18.3. The van der Waals surface area contributed by atoms with Gasteiger partial charge in [-0.3, -0.25) is 4.79 Å². The summed E-state index contributed by atoms with van der Waals surface area (Å²) < 4.78 is 32.1. The van der Waals surface area contributed by atoms with Crippen LogP contribution in [0.2, 0.25) is 10.0 Å². The van der Waals surface area contributed by atoms with E-state index in [1.54, 1.807) is 19.1 Å². The van der Waals surface area contributed by atoms with E-state index in [0.717, 1.165) is 12.0 Å². The van der Waals surface area contributed by atoms with Gasteiger partial charge in [0.1, 0.15) is 10.5 Å². The van der Waals surface area contributed by atoms with Crippen molar-refractivity contribution in [2.24, 2.45) is 7.05 Å². The lowest BCUT2D eigenvalue weighted by atomic mass is 10.0. The standard InChI is InChI=1S/C20H18Cl2N2O4S/c1-4-13-5-8-15(9-6-13)29(26,27)28-20-18(12(2)23-24(20)3)19(25)16-10-7-14(21)11-17(16)22/h5-11H,4H2,1-3H3. The lowest BCUT2D eigenvalue weighted by molar-refractivity contribution is 0.103. The van der Waals surface area contributed by atoms with E-state index in [1.165, 1.54) is 42.1 Å². The van der Waals surface area contributed by atoms with Gasteiger partial charge in [0.15, 0.2) is 0 Å². The summed E-state index contributed by atoms with van der Waals surface area (Å²) in [6, 6.07) is 10.8. The van der Waals surface area contributed by atoms with Crippen molar-refractivity contribution in [3.8, 4) is 5.88 Å². The molecule has 0 fully saturated rings. The lowest BCUT2D eigenvalue weighted by Crippen LogP contribution is -2.15. The Balaban J connectivity index is 2.03. The van der Waals surface area contributed by atoms with Crippen molar-refractivity contribution in [3.63, 3.8) is 0 Å². The SMILES string of the molecule is CCc1ccc(S(=O)(=O)Oc2c(C(=O)c3ccc(Cl)cc3Cl)c(C)nn2C)cc1. The normalized spacial score (nSPS) is 11.5. The molecule has 3 aromatic rings. The molecule has 1 aromatic heterocycles. The molecule has 0 aliphatic heterocycles. The average Bonchev–Trinajstić information content (AvgIpc) is 2.94. The first-order valence-electron chi connectivity index (χ1n) is 8.70. The van der Waals surface area contributed by atoms with Gasteiger partial charge in [0.05, 0.1) is 10.7 Å². The van der Waals surface area contributed by atoms with Gasteiger partial charge in [-0.15, -0.1) is 0 Å². The highest BCUT2D eigenvalue weighted by Gasteiger charge is 2.29. The number of hydrogen-bond donors (Lipinski definition) is 0. The third-order valence-electron chi connectivity index (χ3n) is 4.38. The molecule has 0 saturated heterocycles. The monoisotopic (exact) mass is 452 g/mol. The van der Waals surface area contributed by atoms with E-state index in [0.29, 0.717) is 10.7 Å². The molecule has 0 N–H and O–H groups in total. The summed E-state index contributed by atoms with van der Waals surface area (Å²) in [5, 5.41) is 4.67. The topological polar surface area (TPSA) is 78.3 Å². The number of carbonyl (C=O) groups is 1. The first kappa shape index (κ1) is 21.4. The maximum Gasteiger partial charge on any atom is 0.340 e. The summed E-state index contributed by atoms with van der Waals surface area (Å²) in [4.78, 5) is 13.1. The molecule has 152 valence electrons. The average molecular weight is 453 g/mol. The molecule has 29 heavy (non-hydrogen) atoms. The van der Waals surface area contributed by atoms with E-state index in [-0.39, 0.29) is 26.9 Å². The number of hydrogen-bond acceptors (Lipinski definition) is 5. The van der Waals surface area contributed by atoms with Crippen LogP contribution in [0.1, 0.15) is 34.1 Å². The van der Waals surface area contributed by atoms with Crippen LogP contribution in [0.15, 0.2) is 47.4 Å². The van der Waals surface area contributed by atoms with Crippen LogP contribution in [0.3, 0.4) is 0 Å². The Morgan fingerprint density at radius 3 is 2.38 bits per heavy atom. The van der Waals surface area contributed by atoms with E-state index >= 15 is 0 Å². The van der Waals surface area contributed by atoms with Crippen LogP contribution in [-0.4, -0.2) is 24.0 Å². The quantitative estimate of drug-likeness (QED) is 0.403. The maximum atomic E-state index is 13.1. The summed E-state index contributed by atoms with van der Waals surface area (Å²) in [5.74, 6) is -0.693. The Hall–Kier alpha value is -2.35. The Kier molecular flexibility index (Phi) is 6.03. The van der Waals surface area contributed by atoms with Gasteiger partial charge in [-0.1, -0.05) is 42.3 Å². The van der Waals surface area contributed by atoms with Gasteiger partial charge >= 0.3 is 10.1 Å². The number of rotatable bonds is 6. The summed E-state index contributed by atoms with van der Waals surface area (Å²) in [6.45, 7) is 3.56. The Bertz CT molecular complexity index is 1190. The van der Waals surface area contributed by atoms with Crippen molar-refractivity contribution in [1.82, 2.24) is 9.78 Å². The van der Waals surface area contributed by atoms with E-state index in [4.69, 9.17) is 27.4 Å². The van der Waals surface area contributed by atoms with Crippen LogP contribution in [0.5, 0.6) is 5.88 Å². The van der Waals surface area contributed by atoms with Gasteiger partial charge in [0, 0.05) is 17.6 Å². The fourth-order valence-electron chi connectivity index (χ4n) is 2.85. The van der Waals surface area contributed by atoms with E-state index < -0.39 is 15.9 Å². The summed E-state index contributed by atoms with van der Waals surface area (Å²) in [5.41, 5.74) is 1.50. The van der Waals surface area contributed by atoms with Crippen LogP contribution in [-0.2, 0) is 23.6 Å². The molecular formula is C20H18Cl2N2O4S. The molecular weight excluding hydrogens is 435 g/mol. The Labute approximate surface area is 179 Å². The molecule has 0 amide bonds. The second-order valence-electron chi connectivity index (χ2n) is 6.38. The highest BCUT2D eigenvalue weighted by Crippen LogP contribution is 2.31. The largest absolute Gasteiger partial charge is 0.358 e. The van der Waals surface area contributed by atoms with Crippen LogP contribution < -0.4 is 4.18 Å². The van der Waals surface area contributed by atoms with Gasteiger partial charge in [-0.2, -0.15) is 13.5 Å². The fraction of sp³-hybridized carbons (Fsp3) is 0.200. The number of benzene rings is 2. The molecule has 0 saturated carbocycles. The smallest absolute Gasteiger partial charge is 0.340 e. The van der Waals surface area contributed by atoms with Gasteiger partial charge < -0.3 is 4.18 Å². The molecule has 0 radical (unpaired) electrons. The number of aromatic nitrogens is 2. The zero-order valence-electron chi connectivity index (χ0n) is 15.9. The molecule has 3 rings (SSSR count). The van der Waals surface area contributed by atoms with E-state index in [2.05, 4.69) is 5.10 Å². The lowest BCUT2D eigenvalue weighted by Gasteiger charge is -2.10. The van der Waals surface area contributed by atoms with Gasteiger partial charge in [0.2, 0.25) is 11.7 Å². The number of halogens is 2. The Morgan fingerprint density at radius 1 is 1.14 bits per heavy atom. The minimum Gasteiger partial charge on any atom is -0.358 e. The minimum atomic E-state index is -4.17. The van der Waals surface area contributed by atoms with Crippen molar-refractivity contribution in [3.05, 3.63) is 74.9 Å². The van der Waals surface area contributed by atoms with Crippen molar-refractivity contribution in [1.29, 1.82) is 0 Å². The maximum absolute atomic E-state index is 13.1. The van der Waals surface area contributed by atoms with Crippen molar-refractivity contribution < 1.29 is 17.4 Å². The summed E-state index contributed by atoms with van der Waals surface area (Å²) >= 11 is 12.0. The molecule has 0 bridgehead atoms. The zero-order chi connectivity index (χ0) is 21.3. The molecule has 0 atom stereocenters. The molecule has 2 aromatic carbocycles. The summed E-state index contributed by atoms with van der Waals surface area (Å²) in [7, 11) is -2.67. The molecule has 0 spiro atoms. The van der Waals surface area contributed by atoms with Crippen molar-refractivity contribution in [2.75, 3.05) is 0 Å². The van der Waals surface area contributed by atoms with Crippen LogP contribution >= 0.6 is 23.2 Å². The highest BCUT2D eigenvalue weighted by molar-refractivity contribution is 7.87. The van der Waals surface area contributed by atoms with Crippen molar-refractivity contribution in [2.45, 2.75) is 25.2 Å². The molecule has 0 aliphatic rings. The minimum absolute atomic E-state index is 0.0172. The van der Waals surface area contributed by atoms with Gasteiger partial charge in [-0.25, -0.2) is 4.68 Å². The summed E-state index contributed by atoms with van der Waals surface area (Å²) in [6.07, 6.45) is 0.780. The van der Waals surface area contributed by atoms with Crippen molar-refractivity contribution >= 4 is 39.1 Å². The predicted molar refractivity (Wildman–Crippen MR) is 111 cm³/mol. The number of aryl methyl sites for hydroxylation is 3. The van der Waals surface area contributed by atoms with Gasteiger partial charge in [0.25, 0.3) is 0 Å². The fourth-order valence-corrected chi connectivity index (χ4v) is 4.31. The second-order valence-corrected chi connectivity index (χ2v) is 8.77. The molecule has 0 unspecified atom stereocenters.